The van der Waals surface area contributed by atoms with Gasteiger partial charge in [0.15, 0.2) is 0 Å². The van der Waals surface area contributed by atoms with Gasteiger partial charge in [-0.15, -0.1) is 0 Å². The highest BCUT2D eigenvalue weighted by atomic mass is 16.5. The third-order valence-corrected chi connectivity index (χ3v) is 2.94. The number of anilines is 1. The average Bonchev–Trinajstić information content (AvgIpc) is 2.44. The predicted molar refractivity (Wildman–Crippen MR) is 79.8 cm³/mol. The molecule has 0 bridgehead atoms. The number of carbonyl (C=O) groups is 1. The van der Waals surface area contributed by atoms with Crippen molar-refractivity contribution in [1.29, 1.82) is 0 Å². The van der Waals surface area contributed by atoms with Gasteiger partial charge < -0.3 is 20.5 Å². The van der Waals surface area contributed by atoms with Crippen LogP contribution in [0.5, 0.6) is 5.75 Å². The minimum atomic E-state index is 0.0296. The molecule has 0 aliphatic heterocycles. The van der Waals surface area contributed by atoms with Crippen LogP contribution in [0.2, 0.25) is 0 Å². The third-order valence-electron chi connectivity index (χ3n) is 2.94. The van der Waals surface area contributed by atoms with Gasteiger partial charge in [0, 0.05) is 25.8 Å². The number of unbranched alkanes of at least 4 members (excludes halogenated alkanes) is 1. The third kappa shape index (κ3) is 6.43. The molecule has 5 nitrogen and oxygen atoms in total. The largest absolute Gasteiger partial charge is 0.494 e. The molecule has 112 valence electrons. The van der Waals surface area contributed by atoms with Crippen molar-refractivity contribution in [2.45, 2.75) is 26.2 Å². The second-order valence-electron chi connectivity index (χ2n) is 4.67. The van der Waals surface area contributed by atoms with Gasteiger partial charge in [-0.05, 0) is 43.5 Å². The first kappa shape index (κ1) is 16.3. The summed E-state index contributed by atoms with van der Waals surface area (Å²) in [5.74, 6) is 0.864. The van der Waals surface area contributed by atoms with Crippen LogP contribution in [-0.4, -0.2) is 32.8 Å². The zero-order chi connectivity index (χ0) is 14.8. The standard InChI is InChI=1S/C15H24N2O3/c1-12-11-13(5-6-14(12)16)20-9-4-3-8-17-15(18)7-10-19-2/h5-6,11H,3-4,7-10,16H2,1-2H3,(H,17,18). The molecule has 1 aromatic carbocycles. The summed E-state index contributed by atoms with van der Waals surface area (Å²) in [7, 11) is 1.59. The van der Waals surface area contributed by atoms with E-state index in [0.29, 0.717) is 26.2 Å². The Morgan fingerprint density at radius 2 is 2.10 bits per heavy atom. The zero-order valence-corrected chi connectivity index (χ0v) is 12.3. The summed E-state index contributed by atoms with van der Waals surface area (Å²) in [4.78, 5) is 11.3. The van der Waals surface area contributed by atoms with Crippen LogP contribution in [-0.2, 0) is 9.53 Å². The highest BCUT2D eigenvalue weighted by Crippen LogP contribution is 2.18. The summed E-state index contributed by atoms with van der Waals surface area (Å²) in [6.45, 7) is 3.73. The Morgan fingerprint density at radius 1 is 1.30 bits per heavy atom. The molecule has 20 heavy (non-hydrogen) atoms. The molecule has 5 heteroatoms. The van der Waals surface area contributed by atoms with Crippen molar-refractivity contribution in [1.82, 2.24) is 5.32 Å². The number of nitrogens with two attached hydrogens (primary N) is 1. The van der Waals surface area contributed by atoms with E-state index in [1.807, 2.05) is 25.1 Å². The van der Waals surface area contributed by atoms with Crippen LogP contribution in [0.25, 0.3) is 0 Å². The van der Waals surface area contributed by atoms with Crippen molar-refractivity contribution in [2.75, 3.05) is 32.6 Å². The number of benzene rings is 1. The van der Waals surface area contributed by atoms with E-state index in [-0.39, 0.29) is 5.91 Å². The Bertz CT molecular complexity index is 422. The van der Waals surface area contributed by atoms with Gasteiger partial charge >= 0.3 is 0 Å². The van der Waals surface area contributed by atoms with Gasteiger partial charge in [-0.25, -0.2) is 0 Å². The molecule has 0 saturated carbocycles. The van der Waals surface area contributed by atoms with E-state index in [9.17, 15) is 4.79 Å². The molecule has 0 heterocycles. The van der Waals surface area contributed by atoms with E-state index in [1.54, 1.807) is 7.11 Å². The van der Waals surface area contributed by atoms with Crippen LogP contribution in [0.1, 0.15) is 24.8 Å². The molecule has 0 radical (unpaired) electrons. The van der Waals surface area contributed by atoms with Gasteiger partial charge in [0.25, 0.3) is 0 Å². The topological polar surface area (TPSA) is 73.6 Å². The highest BCUT2D eigenvalue weighted by molar-refractivity contribution is 5.75. The van der Waals surface area contributed by atoms with Gasteiger partial charge in [-0.1, -0.05) is 0 Å². The molecule has 0 fully saturated rings. The Morgan fingerprint density at radius 3 is 2.80 bits per heavy atom. The number of hydrogen-bond acceptors (Lipinski definition) is 4. The molecule has 3 N–H and O–H groups in total. The van der Waals surface area contributed by atoms with Crippen LogP contribution in [0, 0.1) is 6.92 Å². The molecule has 1 rings (SSSR count). The SMILES string of the molecule is COCCC(=O)NCCCCOc1ccc(N)c(C)c1. The van der Waals surface area contributed by atoms with E-state index < -0.39 is 0 Å². The molecular formula is C15H24N2O3. The maximum absolute atomic E-state index is 11.3. The first-order valence-electron chi connectivity index (χ1n) is 6.88. The van der Waals surface area contributed by atoms with Gasteiger partial charge in [0.2, 0.25) is 5.91 Å². The Balaban J connectivity index is 2.07. The molecule has 0 unspecified atom stereocenters. The zero-order valence-electron chi connectivity index (χ0n) is 12.3. The lowest BCUT2D eigenvalue weighted by atomic mass is 10.2. The van der Waals surface area contributed by atoms with Crippen LogP contribution >= 0.6 is 0 Å². The van der Waals surface area contributed by atoms with Gasteiger partial charge in [-0.2, -0.15) is 0 Å². The van der Waals surface area contributed by atoms with Crippen molar-refractivity contribution in [3.63, 3.8) is 0 Å². The van der Waals surface area contributed by atoms with Crippen molar-refractivity contribution in [3.05, 3.63) is 23.8 Å². The first-order chi connectivity index (χ1) is 9.63. The summed E-state index contributed by atoms with van der Waals surface area (Å²) < 4.78 is 10.5. The van der Waals surface area contributed by atoms with Crippen LogP contribution in [0.3, 0.4) is 0 Å². The van der Waals surface area contributed by atoms with Gasteiger partial charge in [-0.3, -0.25) is 4.79 Å². The number of hydrogen-bond donors (Lipinski definition) is 2. The molecule has 1 amide bonds. The first-order valence-corrected chi connectivity index (χ1v) is 6.88. The van der Waals surface area contributed by atoms with E-state index >= 15 is 0 Å². The quantitative estimate of drug-likeness (QED) is 0.535. The maximum Gasteiger partial charge on any atom is 0.222 e. The number of amides is 1. The fourth-order valence-electron chi connectivity index (χ4n) is 1.67. The van der Waals surface area contributed by atoms with Gasteiger partial charge in [0.05, 0.1) is 13.2 Å². The Hall–Kier alpha value is -1.75. The Kier molecular flexibility index (Phi) is 7.50. The minimum Gasteiger partial charge on any atom is -0.494 e. The fourth-order valence-corrected chi connectivity index (χ4v) is 1.67. The molecule has 0 spiro atoms. The molecule has 0 atom stereocenters. The van der Waals surface area contributed by atoms with Crippen molar-refractivity contribution in [3.8, 4) is 5.75 Å². The van der Waals surface area contributed by atoms with Gasteiger partial charge in [0.1, 0.15) is 5.75 Å². The van der Waals surface area contributed by atoms with Crippen LogP contribution in [0.15, 0.2) is 18.2 Å². The summed E-state index contributed by atoms with van der Waals surface area (Å²) in [6, 6.07) is 5.65. The summed E-state index contributed by atoms with van der Waals surface area (Å²) in [5, 5.41) is 2.84. The number of rotatable bonds is 9. The molecule has 0 saturated heterocycles. The molecule has 1 aromatic rings. The number of nitrogen functional groups attached to an aromatic ring is 1. The summed E-state index contributed by atoms with van der Waals surface area (Å²) in [6.07, 6.45) is 2.21. The predicted octanol–water partition coefficient (Wildman–Crippen LogP) is 1.89. The molecule has 0 aliphatic carbocycles. The fraction of sp³-hybridized carbons (Fsp3) is 0.533. The van der Waals surface area contributed by atoms with E-state index in [2.05, 4.69) is 5.32 Å². The second kappa shape index (κ2) is 9.20. The van der Waals surface area contributed by atoms with Crippen molar-refractivity contribution in [2.24, 2.45) is 0 Å². The average molecular weight is 280 g/mol. The number of nitrogens with one attached hydrogen (secondary N) is 1. The lowest BCUT2D eigenvalue weighted by molar-refractivity contribution is -0.121. The smallest absolute Gasteiger partial charge is 0.222 e. The number of ether oxygens (including phenoxy) is 2. The number of carbonyl (C=O) groups excluding carboxylic acids is 1. The van der Waals surface area contributed by atoms with Crippen molar-refractivity contribution < 1.29 is 14.3 Å². The van der Waals surface area contributed by atoms with E-state index in [0.717, 1.165) is 29.8 Å². The summed E-state index contributed by atoms with van der Waals surface area (Å²) >= 11 is 0. The van der Waals surface area contributed by atoms with E-state index in [1.165, 1.54) is 0 Å². The monoisotopic (exact) mass is 280 g/mol. The lowest BCUT2D eigenvalue weighted by Crippen LogP contribution is -2.25. The van der Waals surface area contributed by atoms with E-state index in [4.69, 9.17) is 15.2 Å². The van der Waals surface area contributed by atoms with Crippen LogP contribution in [0.4, 0.5) is 5.69 Å². The normalized spacial score (nSPS) is 10.3. The maximum atomic E-state index is 11.3. The molecule has 0 aliphatic rings. The number of methoxy groups -OCH3 is 1. The van der Waals surface area contributed by atoms with Crippen LogP contribution < -0.4 is 15.8 Å². The Labute approximate surface area is 120 Å². The highest BCUT2D eigenvalue weighted by Gasteiger charge is 2.00. The molecule has 0 aromatic heterocycles. The van der Waals surface area contributed by atoms with Crippen molar-refractivity contribution >= 4 is 11.6 Å². The second-order valence-corrected chi connectivity index (χ2v) is 4.67. The minimum absolute atomic E-state index is 0.0296. The lowest BCUT2D eigenvalue weighted by Gasteiger charge is -2.08. The molecular weight excluding hydrogens is 256 g/mol. The number of aryl methyl sites for hydroxylation is 1. The summed E-state index contributed by atoms with van der Waals surface area (Å²) in [5.41, 5.74) is 7.54.